The molecule has 1 nitrogen and oxygen atoms in total. The molecule has 1 aromatic carbocycles. The lowest BCUT2D eigenvalue weighted by molar-refractivity contribution is 0.544. The van der Waals surface area contributed by atoms with Crippen LogP contribution < -0.4 is 5.32 Å². The molecule has 0 spiro atoms. The first kappa shape index (κ1) is 14.6. The van der Waals surface area contributed by atoms with Crippen molar-refractivity contribution in [1.29, 1.82) is 0 Å². The van der Waals surface area contributed by atoms with Gasteiger partial charge in [0.2, 0.25) is 0 Å². The SMILES string of the molecule is CCC1SCCSC1C(NC)c1ccccc1Cl. The van der Waals surface area contributed by atoms with Crippen molar-refractivity contribution in [3.8, 4) is 0 Å². The Morgan fingerprint density at radius 2 is 2.06 bits per heavy atom. The zero-order valence-electron chi connectivity index (χ0n) is 10.9. The third-order valence-corrected chi connectivity index (χ3v) is 7.07. The number of nitrogens with one attached hydrogen (secondary N) is 1. The number of halogens is 1. The minimum absolute atomic E-state index is 0.349. The Kier molecular flexibility index (Phi) is 5.74. The largest absolute Gasteiger partial charge is 0.312 e. The summed E-state index contributed by atoms with van der Waals surface area (Å²) in [4.78, 5) is 0. The van der Waals surface area contributed by atoms with Gasteiger partial charge < -0.3 is 5.32 Å². The highest BCUT2D eigenvalue weighted by atomic mass is 35.5. The van der Waals surface area contributed by atoms with Crippen molar-refractivity contribution < 1.29 is 0 Å². The van der Waals surface area contributed by atoms with Crippen LogP contribution in [0.15, 0.2) is 24.3 Å². The topological polar surface area (TPSA) is 12.0 Å². The Labute approximate surface area is 123 Å². The van der Waals surface area contributed by atoms with E-state index >= 15 is 0 Å². The summed E-state index contributed by atoms with van der Waals surface area (Å²) in [7, 11) is 2.04. The van der Waals surface area contributed by atoms with E-state index in [9.17, 15) is 0 Å². The second kappa shape index (κ2) is 7.09. The van der Waals surface area contributed by atoms with Crippen LogP contribution in [-0.2, 0) is 0 Å². The third-order valence-electron chi connectivity index (χ3n) is 3.37. The Balaban J connectivity index is 2.24. The van der Waals surface area contributed by atoms with Crippen molar-refractivity contribution in [2.45, 2.75) is 29.9 Å². The standard InChI is InChI=1S/C14H20ClNS2/c1-3-12-14(18-9-8-17-12)13(16-2)10-6-4-5-7-11(10)15/h4-7,12-14,16H,3,8-9H2,1-2H3. The van der Waals surface area contributed by atoms with Crippen LogP contribution >= 0.6 is 35.1 Å². The molecule has 0 radical (unpaired) electrons. The van der Waals surface area contributed by atoms with E-state index in [-0.39, 0.29) is 0 Å². The third kappa shape index (κ3) is 3.19. The molecule has 3 unspecified atom stereocenters. The summed E-state index contributed by atoms with van der Waals surface area (Å²) in [6, 6.07) is 8.56. The lowest BCUT2D eigenvalue weighted by Gasteiger charge is -2.36. The summed E-state index contributed by atoms with van der Waals surface area (Å²) < 4.78 is 0. The molecule has 0 saturated carbocycles. The Hall–Kier alpha value is 0.170. The monoisotopic (exact) mass is 301 g/mol. The van der Waals surface area contributed by atoms with E-state index in [4.69, 9.17) is 11.6 Å². The summed E-state index contributed by atoms with van der Waals surface area (Å²) in [5, 5.41) is 5.68. The van der Waals surface area contributed by atoms with Crippen molar-refractivity contribution in [2.24, 2.45) is 0 Å². The molecule has 1 aromatic rings. The summed E-state index contributed by atoms with van der Waals surface area (Å²) in [5.74, 6) is 2.52. The number of hydrogen-bond acceptors (Lipinski definition) is 3. The molecule has 1 saturated heterocycles. The first-order valence-electron chi connectivity index (χ1n) is 6.42. The molecule has 3 atom stereocenters. The molecule has 1 N–H and O–H groups in total. The molecular weight excluding hydrogens is 282 g/mol. The summed E-state index contributed by atoms with van der Waals surface area (Å²) in [6.07, 6.45) is 1.23. The van der Waals surface area contributed by atoms with Crippen molar-refractivity contribution in [2.75, 3.05) is 18.6 Å². The van der Waals surface area contributed by atoms with Crippen LogP contribution in [0.25, 0.3) is 0 Å². The maximum absolute atomic E-state index is 6.35. The first-order valence-corrected chi connectivity index (χ1v) is 8.90. The molecule has 4 heteroatoms. The van der Waals surface area contributed by atoms with Gasteiger partial charge in [-0.15, -0.1) is 0 Å². The minimum atomic E-state index is 0.349. The van der Waals surface area contributed by atoms with Gasteiger partial charge in [-0.25, -0.2) is 0 Å². The molecule has 1 heterocycles. The lowest BCUT2D eigenvalue weighted by atomic mass is 10.0. The van der Waals surface area contributed by atoms with E-state index in [1.54, 1.807) is 0 Å². The van der Waals surface area contributed by atoms with Gasteiger partial charge in [0.1, 0.15) is 0 Å². The van der Waals surface area contributed by atoms with Crippen LogP contribution in [0.5, 0.6) is 0 Å². The Bertz CT molecular complexity index is 386. The quantitative estimate of drug-likeness (QED) is 0.894. The minimum Gasteiger partial charge on any atom is -0.312 e. The highest BCUT2D eigenvalue weighted by molar-refractivity contribution is 8.07. The van der Waals surface area contributed by atoms with Gasteiger partial charge in [0.15, 0.2) is 0 Å². The van der Waals surface area contributed by atoms with E-state index in [1.165, 1.54) is 23.5 Å². The zero-order valence-corrected chi connectivity index (χ0v) is 13.2. The van der Waals surface area contributed by atoms with Crippen molar-refractivity contribution in [3.63, 3.8) is 0 Å². The molecular formula is C14H20ClNS2. The van der Waals surface area contributed by atoms with Gasteiger partial charge in [0.25, 0.3) is 0 Å². The van der Waals surface area contributed by atoms with E-state index in [1.807, 2.05) is 19.2 Å². The highest BCUT2D eigenvalue weighted by Crippen LogP contribution is 2.41. The lowest BCUT2D eigenvalue weighted by Crippen LogP contribution is -2.37. The normalized spacial score (nSPS) is 25.9. The van der Waals surface area contributed by atoms with Crippen LogP contribution in [0.2, 0.25) is 5.02 Å². The smallest absolute Gasteiger partial charge is 0.0463 e. The maximum Gasteiger partial charge on any atom is 0.0463 e. The van der Waals surface area contributed by atoms with Crippen molar-refractivity contribution >= 4 is 35.1 Å². The summed E-state index contributed by atoms with van der Waals surface area (Å²) in [5.41, 5.74) is 1.24. The number of rotatable bonds is 4. The molecule has 0 aromatic heterocycles. The van der Waals surface area contributed by atoms with Crippen LogP contribution in [0.3, 0.4) is 0 Å². The number of hydrogen-bond donors (Lipinski definition) is 1. The fourth-order valence-corrected chi connectivity index (χ4v) is 6.01. The number of benzene rings is 1. The molecule has 0 amide bonds. The van der Waals surface area contributed by atoms with Crippen molar-refractivity contribution in [3.05, 3.63) is 34.9 Å². The fourth-order valence-electron chi connectivity index (χ4n) is 2.47. The van der Waals surface area contributed by atoms with Gasteiger partial charge in [-0.2, -0.15) is 23.5 Å². The van der Waals surface area contributed by atoms with Gasteiger partial charge in [-0.05, 0) is 25.1 Å². The second-order valence-electron chi connectivity index (χ2n) is 4.44. The number of thioether (sulfide) groups is 2. The Morgan fingerprint density at radius 1 is 1.33 bits per heavy atom. The van der Waals surface area contributed by atoms with Crippen LogP contribution in [0.4, 0.5) is 0 Å². The van der Waals surface area contributed by atoms with Crippen LogP contribution in [0.1, 0.15) is 24.9 Å². The zero-order chi connectivity index (χ0) is 13.0. The highest BCUT2D eigenvalue weighted by Gasteiger charge is 2.32. The van der Waals surface area contributed by atoms with E-state index in [0.29, 0.717) is 11.3 Å². The predicted octanol–water partition coefficient (Wildman–Crippen LogP) is 4.23. The molecule has 100 valence electrons. The van der Waals surface area contributed by atoms with E-state index in [2.05, 4.69) is 47.9 Å². The predicted molar refractivity (Wildman–Crippen MR) is 86.0 cm³/mol. The van der Waals surface area contributed by atoms with E-state index in [0.717, 1.165) is 10.3 Å². The summed E-state index contributed by atoms with van der Waals surface area (Å²) >= 11 is 10.6. The van der Waals surface area contributed by atoms with Gasteiger partial charge >= 0.3 is 0 Å². The van der Waals surface area contributed by atoms with Crippen LogP contribution in [-0.4, -0.2) is 29.1 Å². The molecule has 1 aliphatic rings. The van der Waals surface area contributed by atoms with Gasteiger partial charge in [0, 0.05) is 33.1 Å². The van der Waals surface area contributed by atoms with Gasteiger partial charge in [-0.3, -0.25) is 0 Å². The first-order chi connectivity index (χ1) is 8.77. The molecule has 2 rings (SSSR count). The molecule has 0 bridgehead atoms. The maximum atomic E-state index is 6.35. The fraction of sp³-hybridized carbons (Fsp3) is 0.571. The Morgan fingerprint density at radius 3 is 2.72 bits per heavy atom. The van der Waals surface area contributed by atoms with Crippen molar-refractivity contribution in [1.82, 2.24) is 5.32 Å². The van der Waals surface area contributed by atoms with Gasteiger partial charge in [-0.1, -0.05) is 36.7 Å². The molecule has 1 aliphatic heterocycles. The van der Waals surface area contributed by atoms with E-state index < -0.39 is 0 Å². The average molecular weight is 302 g/mol. The van der Waals surface area contributed by atoms with Crippen LogP contribution in [0, 0.1) is 0 Å². The molecule has 1 fully saturated rings. The van der Waals surface area contributed by atoms with Gasteiger partial charge in [0.05, 0.1) is 0 Å². The summed E-state index contributed by atoms with van der Waals surface area (Å²) in [6.45, 7) is 2.29. The molecule has 0 aliphatic carbocycles. The molecule has 18 heavy (non-hydrogen) atoms. The second-order valence-corrected chi connectivity index (χ2v) is 7.48. The average Bonchev–Trinajstić information content (AvgIpc) is 2.42.